The van der Waals surface area contributed by atoms with E-state index in [0.29, 0.717) is 16.7 Å². The Balaban J connectivity index is 1.91. The van der Waals surface area contributed by atoms with Crippen LogP contribution in [0, 0.1) is 0 Å². The van der Waals surface area contributed by atoms with Crippen molar-refractivity contribution >= 4 is 11.6 Å². The van der Waals surface area contributed by atoms with E-state index >= 15 is 0 Å². The van der Waals surface area contributed by atoms with Gasteiger partial charge in [0.15, 0.2) is 5.76 Å². The van der Waals surface area contributed by atoms with Crippen LogP contribution in [-0.4, -0.2) is 12.1 Å². The fraction of sp³-hybridized carbons (Fsp3) is 0.0625. The zero-order valence-electron chi connectivity index (χ0n) is 10.8. The van der Waals surface area contributed by atoms with Crippen molar-refractivity contribution in [3.63, 3.8) is 0 Å². The molecular formula is C16H12ClNO2. The molecule has 1 heterocycles. The number of hydrogen-bond acceptors (Lipinski definition) is 3. The number of methoxy groups -OCH3 is 1. The molecule has 20 heavy (non-hydrogen) atoms. The quantitative estimate of drug-likeness (QED) is 0.701. The van der Waals surface area contributed by atoms with E-state index < -0.39 is 0 Å². The van der Waals surface area contributed by atoms with Gasteiger partial charge in [0.2, 0.25) is 5.89 Å². The lowest BCUT2D eigenvalue weighted by atomic mass is 10.2. The molecular weight excluding hydrogens is 274 g/mol. The van der Waals surface area contributed by atoms with E-state index in [0.717, 1.165) is 16.9 Å². The summed E-state index contributed by atoms with van der Waals surface area (Å²) >= 11 is 5.87. The molecule has 3 rings (SSSR count). The Labute approximate surface area is 121 Å². The Hall–Kier alpha value is -2.26. The summed E-state index contributed by atoms with van der Waals surface area (Å²) in [6.45, 7) is 0. The van der Waals surface area contributed by atoms with Gasteiger partial charge in [-0.25, -0.2) is 4.98 Å². The fourth-order valence-electron chi connectivity index (χ4n) is 1.89. The molecule has 100 valence electrons. The summed E-state index contributed by atoms with van der Waals surface area (Å²) in [5, 5.41) is 0.698. The molecule has 0 aliphatic carbocycles. The first-order valence-electron chi connectivity index (χ1n) is 6.12. The highest BCUT2D eigenvalue weighted by atomic mass is 35.5. The highest BCUT2D eigenvalue weighted by Gasteiger charge is 2.08. The number of halogens is 1. The van der Waals surface area contributed by atoms with E-state index in [-0.39, 0.29) is 0 Å². The average molecular weight is 286 g/mol. The van der Waals surface area contributed by atoms with Crippen molar-refractivity contribution in [1.82, 2.24) is 4.98 Å². The lowest BCUT2D eigenvalue weighted by Gasteiger charge is -2.00. The molecule has 0 fully saturated rings. The fourth-order valence-corrected chi connectivity index (χ4v) is 2.01. The van der Waals surface area contributed by atoms with Gasteiger partial charge >= 0.3 is 0 Å². The van der Waals surface area contributed by atoms with Gasteiger partial charge in [-0.15, -0.1) is 0 Å². The van der Waals surface area contributed by atoms with Gasteiger partial charge < -0.3 is 9.15 Å². The van der Waals surface area contributed by atoms with Gasteiger partial charge in [-0.1, -0.05) is 11.6 Å². The molecule has 3 nitrogen and oxygen atoms in total. The summed E-state index contributed by atoms with van der Waals surface area (Å²) in [5.41, 5.74) is 1.85. The molecule has 0 bridgehead atoms. The maximum Gasteiger partial charge on any atom is 0.226 e. The minimum atomic E-state index is 0.581. The van der Waals surface area contributed by atoms with E-state index in [2.05, 4.69) is 4.98 Å². The maximum atomic E-state index is 5.87. The van der Waals surface area contributed by atoms with Crippen LogP contribution < -0.4 is 4.74 Å². The van der Waals surface area contributed by atoms with Crippen LogP contribution in [0.4, 0.5) is 0 Å². The summed E-state index contributed by atoms with van der Waals surface area (Å²) in [6, 6.07) is 15.0. The molecule has 0 spiro atoms. The largest absolute Gasteiger partial charge is 0.497 e. The smallest absolute Gasteiger partial charge is 0.226 e. The summed E-state index contributed by atoms with van der Waals surface area (Å²) in [5.74, 6) is 2.10. The van der Waals surface area contributed by atoms with E-state index in [1.807, 2.05) is 48.5 Å². The molecule has 0 saturated heterocycles. The van der Waals surface area contributed by atoms with E-state index in [9.17, 15) is 0 Å². The summed E-state index contributed by atoms with van der Waals surface area (Å²) < 4.78 is 10.9. The zero-order valence-corrected chi connectivity index (χ0v) is 11.6. The third-order valence-electron chi connectivity index (χ3n) is 2.97. The number of benzene rings is 2. The monoisotopic (exact) mass is 285 g/mol. The van der Waals surface area contributed by atoms with Crippen molar-refractivity contribution in [3.05, 3.63) is 59.8 Å². The number of ether oxygens (including phenoxy) is 1. The number of rotatable bonds is 3. The molecule has 0 aliphatic heterocycles. The van der Waals surface area contributed by atoms with Crippen LogP contribution in [0.2, 0.25) is 5.02 Å². The third kappa shape index (κ3) is 2.53. The molecule has 0 radical (unpaired) electrons. The molecule has 2 aromatic carbocycles. The van der Waals surface area contributed by atoms with Crippen LogP contribution in [0.25, 0.3) is 22.8 Å². The Morgan fingerprint density at radius 3 is 2.25 bits per heavy atom. The molecule has 4 heteroatoms. The van der Waals surface area contributed by atoms with Crippen molar-refractivity contribution in [1.29, 1.82) is 0 Å². The SMILES string of the molecule is COc1ccc(-c2ncc(-c3ccc(Cl)cc3)o2)cc1. The molecule has 0 amide bonds. The lowest BCUT2D eigenvalue weighted by Crippen LogP contribution is -1.82. The minimum Gasteiger partial charge on any atom is -0.497 e. The second-order valence-corrected chi connectivity index (χ2v) is 4.70. The predicted octanol–water partition coefficient (Wildman–Crippen LogP) is 4.67. The van der Waals surface area contributed by atoms with Crippen molar-refractivity contribution in [2.75, 3.05) is 7.11 Å². The van der Waals surface area contributed by atoms with E-state index in [4.69, 9.17) is 20.8 Å². The second kappa shape index (κ2) is 5.39. The molecule has 3 aromatic rings. The number of oxazole rings is 1. The lowest BCUT2D eigenvalue weighted by molar-refractivity contribution is 0.415. The van der Waals surface area contributed by atoms with Crippen LogP contribution in [0.1, 0.15) is 0 Å². The van der Waals surface area contributed by atoms with Crippen LogP contribution in [0.5, 0.6) is 5.75 Å². The van der Waals surface area contributed by atoms with Gasteiger partial charge in [0.1, 0.15) is 5.75 Å². The van der Waals surface area contributed by atoms with Gasteiger partial charge in [-0.2, -0.15) is 0 Å². The molecule has 0 N–H and O–H groups in total. The van der Waals surface area contributed by atoms with Crippen LogP contribution in [0.15, 0.2) is 59.1 Å². The first kappa shape index (κ1) is 12.8. The van der Waals surface area contributed by atoms with Gasteiger partial charge in [-0.05, 0) is 48.5 Å². The topological polar surface area (TPSA) is 35.3 Å². The summed E-state index contributed by atoms with van der Waals surface area (Å²) in [6.07, 6.45) is 1.71. The molecule has 1 aromatic heterocycles. The van der Waals surface area contributed by atoms with E-state index in [1.165, 1.54) is 0 Å². The first-order chi connectivity index (χ1) is 9.76. The molecule has 0 atom stereocenters. The summed E-state index contributed by atoms with van der Waals surface area (Å²) in [4.78, 5) is 4.30. The number of hydrogen-bond donors (Lipinski definition) is 0. The maximum absolute atomic E-state index is 5.87. The number of aromatic nitrogens is 1. The third-order valence-corrected chi connectivity index (χ3v) is 3.22. The minimum absolute atomic E-state index is 0.581. The van der Waals surface area contributed by atoms with E-state index in [1.54, 1.807) is 13.3 Å². The molecule has 0 unspecified atom stereocenters. The second-order valence-electron chi connectivity index (χ2n) is 4.27. The Morgan fingerprint density at radius 2 is 1.60 bits per heavy atom. The molecule has 0 saturated carbocycles. The van der Waals surface area contributed by atoms with Crippen LogP contribution in [0.3, 0.4) is 0 Å². The van der Waals surface area contributed by atoms with Gasteiger partial charge in [0, 0.05) is 16.1 Å². The Bertz CT molecular complexity index is 702. The highest BCUT2D eigenvalue weighted by molar-refractivity contribution is 6.30. The highest BCUT2D eigenvalue weighted by Crippen LogP contribution is 2.27. The van der Waals surface area contributed by atoms with Crippen LogP contribution >= 0.6 is 11.6 Å². The standard InChI is InChI=1S/C16H12ClNO2/c1-19-14-8-4-12(5-9-14)16-18-10-15(20-16)11-2-6-13(17)7-3-11/h2-10H,1H3. The van der Waals surface area contributed by atoms with Crippen molar-refractivity contribution in [2.24, 2.45) is 0 Å². The van der Waals surface area contributed by atoms with Crippen LogP contribution in [-0.2, 0) is 0 Å². The zero-order chi connectivity index (χ0) is 13.9. The first-order valence-corrected chi connectivity index (χ1v) is 6.50. The normalized spacial score (nSPS) is 10.5. The van der Waals surface area contributed by atoms with Gasteiger partial charge in [0.05, 0.1) is 13.3 Å². The Kier molecular flexibility index (Phi) is 3.44. The van der Waals surface area contributed by atoms with Gasteiger partial charge in [0.25, 0.3) is 0 Å². The van der Waals surface area contributed by atoms with Crippen molar-refractivity contribution in [3.8, 4) is 28.5 Å². The summed E-state index contributed by atoms with van der Waals surface area (Å²) in [7, 11) is 1.64. The Morgan fingerprint density at radius 1 is 0.950 bits per heavy atom. The van der Waals surface area contributed by atoms with Crippen molar-refractivity contribution in [2.45, 2.75) is 0 Å². The molecule has 0 aliphatic rings. The van der Waals surface area contributed by atoms with Crippen molar-refractivity contribution < 1.29 is 9.15 Å². The average Bonchev–Trinajstić information content (AvgIpc) is 2.98. The number of nitrogens with zero attached hydrogens (tertiary/aromatic N) is 1. The van der Waals surface area contributed by atoms with Gasteiger partial charge in [-0.3, -0.25) is 0 Å². The predicted molar refractivity (Wildman–Crippen MR) is 78.9 cm³/mol.